The summed E-state index contributed by atoms with van der Waals surface area (Å²) in [4.78, 5) is 11.9. The summed E-state index contributed by atoms with van der Waals surface area (Å²) in [6.45, 7) is 3.52. The predicted molar refractivity (Wildman–Crippen MR) is 114 cm³/mol. The van der Waals surface area contributed by atoms with Crippen LogP contribution in [0, 0.1) is 0 Å². The van der Waals surface area contributed by atoms with Crippen LogP contribution < -0.4 is 9.47 Å². The van der Waals surface area contributed by atoms with Crippen molar-refractivity contribution in [3.63, 3.8) is 0 Å². The van der Waals surface area contributed by atoms with E-state index >= 15 is 0 Å². The highest BCUT2D eigenvalue weighted by Crippen LogP contribution is 2.42. The maximum Gasteiger partial charge on any atom is 0.336 e. The number of aliphatic carboxylic acids is 1. The third kappa shape index (κ3) is 3.90. The van der Waals surface area contributed by atoms with Crippen LogP contribution in [0.2, 0.25) is 0 Å². The molecule has 29 heavy (non-hydrogen) atoms. The third-order valence-electron chi connectivity index (χ3n) is 4.94. The number of methoxy groups -OCH3 is 2. The quantitative estimate of drug-likeness (QED) is 0.575. The number of carboxylic acids is 1. The van der Waals surface area contributed by atoms with Crippen LogP contribution in [-0.2, 0) is 11.2 Å². The Kier molecular flexibility index (Phi) is 5.78. The van der Waals surface area contributed by atoms with Crippen molar-refractivity contribution in [2.75, 3.05) is 14.2 Å². The van der Waals surface area contributed by atoms with E-state index in [1.165, 1.54) is 7.11 Å². The van der Waals surface area contributed by atoms with Crippen molar-refractivity contribution in [3.05, 3.63) is 70.8 Å². The molecule has 0 fully saturated rings. The Morgan fingerprint density at radius 1 is 1.00 bits per heavy atom. The van der Waals surface area contributed by atoms with Crippen LogP contribution in [0.5, 0.6) is 17.2 Å². The molecule has 5 heteroatoms. The smallest absolute Gasteiger partial charge is 0.336 e. The van der Waals surface area contributed by atoms with E-state index in [4.69, 9.17) is 9.47 Å². The second-order valence-electron chi connectivity index (χ2n) is 7.02. The number of ether oxygens (including phenoxy) is 2. The highest BCUT2D eigenvalue weighted by Gasteiger charge is 2.21. The lowest BCUT2D eigenvalue weighted by Crippen LogP contribution is -2.04. The lowest BCUT2D eigenvalue weighted by Gasteiger charge is -2.17. The third-order valence-corrected chi connectivity index (χ3v) is 4.94. The van der Waals surface area contributed by atoms with Crippen molar-refractivity contribution < 1.29 is 24.5 Å². The van der Waals surface area contributed by atoms with Crippen molar-refractivity contribution in [1.29, 1.82) is 0 Å². The molecular formula is C24H24O5. The van der Waals surface area contributed by atoms with Crippen molar-refractivity contribution in [3.8, 4) is 17.2 Å². The molecule has 3 rings (SSSR count). The monoisotopic (exact) mass is 392 g/mol. The van der Waals surface area contributed by atoms with E-state index in [2.05, 4.69) is 0 Å². The number of phenolic OH excluding ortho intramolecular Hbond substituents is 1. The zero-order chi connectivity index (χ0) is 21.1. The predicted octanol–water partition coefficient (Wildman–Crippen LogP) is 5.03. The Morgan fingerprint density at radius 2 is 1.69 bits per heavy atom. The van der Waals surface area contributed by atoms with E-state index in [0.717, 1.165) is 16.9 Å². The first kappa shape index (κ1) is 20.3. The molecule has 2 N–H and O–H groups in total. The highest BCUT2D eigenvalue weighted by atomic mass is 16.5. The molecule has 3 aromatic carbocycles. The summed E-state index contributed by atoms with van der Waals surface area (Å²) < 4.78 is 10.6. The highest BCUT2D eigenvalue weighted by molar-refractivity contribution is 6.21. The molecule has 0 saturated carbocycles. The molecule has 3 aromatic rings. The molecule has 150 valence electrons. The van der Waals surface area contributed by atoms with Crippen LogP contribution in [0.4, 0.5) is 0 Å². The Hall–Kier alpha value is -3.47. The second kappa shape index (κ2) is 8.27. The Labute approximate surface area is 169 Å². The van der Waals surface area contributed by atoms with Crippen molar-refractivity contribution in [2.45, 2.75) is 20.3 Å². The van der Waals surface area contributed by atoms with E-state index in [0.29, 0.717) is 28.3 Å². The summed E-state index contributed by atoms with van der Waals surface area (Å²) in [5, 5.41) is 21.9. The van der Waals surface area contributed by atoms with E-state index in [1.807, 2.05) is 42.5 Å². The van der Waals surface area contributed by atoms with Crippen molar-refractivity contribution >= 4 is 22.3 Å². The van der Waals surface area contributed by atoms with Crippen LogP contribution in [0.1, 0.15) is 30.5 Å². The second-order valence-corrected chi connectivity index (χ2v) is 7.02. The molecule has 5 nitrogen and oxygen atoms in total. The molecule has 0 saturated heterocycles. The van der Waals surface area contributed by atoms with Crippen molar-refractivity contribution in [2.24, 2.45) is 0 Å². The fourth-order valence-corrected chi connectivity index (χ4v) is 3.58. The SMILES string of the molecule is COc1ccc(Cc2cccc3c(C(C(=O)O)=C(C)C)cc(OC)c(O)c23)cc1. The Morgan fingerprint density at radius 3 is 2.24 bits per heavy atom. The summed E-state index contributed by atoms with van der Waals surface area (Å²) in [6, 6.07) is 14.9. The van der Waals surface area contributed by atoms with Crippen LogP contribution in [-0.4, -0.2) is 30.4 Å². The molecule has 0 atom stereocenters. The maximum atomic E-state index is 11.9. The average molecular weight is 392 g/mol. The van der Waals surface area contributed by atoms with Crippen LogP contribution in [0.3, 0.4) is 0 Å². The first-order valence-corrected chi connectivity index (χ1v) is 9.23. The van der Waals surface area contributed by atoms with Crippen molar-refractivity contribution in [1.82, 2.24) is 0 Å². The lowest BCUT2D eigenvalue weighted by atomic mass is 9.90. The van der Waals surface area contributed by atoms with Gasteiger partial charge >= 0.3 is 5.97 Å². The summed E-state index contributed by atoms with van der Waals surface area (Å²) in [6.07, 6.45) is 0.568. The van der Waals surface area contributed by atoms with Gasteiger partial charge in [0.25, 0.3) is 0 Å². The number of carbonyl (C=O) groups is 1. The molecule has 0 amide bonds. The van der Waals surface area contributed by atoms with E-state index in [-0.39, 0.29) is 17.1 Å². The van der Waals surface area contributed by atoms with Gasteiger partial charge in [-0.3, -0.25) is 0 Å². The fourth-order valence-electron chi connectivity index (χ4n) is 3.58. The molecule has 0 unspecified atom stereocenters. The maximum absolute atomic E-state index is 11.9. The molecule has 0 aliphatic heterocycles. The molecule has 0 aliphatic carbocycles. The summed E-state index contributed by atoms with van der Waals surface area (Å²) in [5.74, 6) is 0.0104. The standard InChI is InChI=1S/C24H24O5/c1-14(2)21(24(26)27)19-13-20(29-4)23(25)22-16(6-5-7-18(19)22)12-15-8-10-17(28-3)11-9-15/h5-11,13,25H,12H2,1-4H3,(H,26,27). The van der Waals surface area contributed by atoms with Crippen LogP contribution >= 0.6 is 0 Å². The normalized spacial score (nSPS) is 10.6. The van der Waals surface area contributed by atoms with E-state index < -0.39 is 5.97 Å². The fraction of sp³-hybridized carbons (Fsp3) is 0.208. The Balaban J connectivity index is 2.26. The molecule has 0 spiro atoms. The topological polar surface area (TPSA) is 76.0 Å². The zero-order valence-corrected chi connectivity index (χ0v) is 16.9. The Bertz CT molecular complexity index is 1090. The van der Waals surface area contributed by atoms with Gasteiger partial charge in [-0.05, 0) is 55.0 Å². The number of fused-ring (bicyclic) bond motifs is 1. The molecule has 0 heterocycles. The van der Waals surface area contributed by atoms with Crippen LogP contribution in [0.15, 0.2) is 54.1 Å². The first-order chi connectivity index (χ1) is 13.9. The molecule has 0 bridgehead atoms. The van der Waals surface area contributed by atoms with Gasteiger partial charge in [-0.25, -0.2) is 4.79 Å². The number of benzene rings is 3. The minimum Gasteiger partial charge on any atom is -0.504 e. The number of carboxylic acid groups (broad SMARTS) is 1. The van der Waals surface area contributed by atoms with Gasteiger partial charge in [-0.2, -0.15) is 0 Å². The first-order valence-electron chi connectivity index (χ1n) is 9.23. The molecular weight excluding hydrogens is 368 g/mol. The molecule has 0 aliphatic rings. The van der Waals surface area contributed by atoms with Gasteiger partial charge in [0.15, 0.2) is 11.5 Å². The summed E-state index contributed by atoms with van der Waals surface area (Å²) >= 11 is 0. The van der Waals surface area contributed by atoms with Gasteiger partial charge in [0.2, 0.25) is 0 Å². The molecule has 0 radical (unpaired) electrons. The van der Waals surface area contributed by atoms with Gasteiger partial charge in [-0.1, -0.05) is 35.9 Å². The van der Waals surface area contributed by atoms with Gasteiger partial charge in [0.1, 0.15) is 5.75 Å². The molecule has 0 aromatic heterocycles. The largest absolute Gasteiger partial charge is 0.504 e. The minimum atomic E-state index is -1.01. The zero-order valence-electron chi connectivity index (χ0n) is 16.9. The summed E-state index contributed by atoms with van der Waals surface area (Å²) in [7, 11) is 3.08. The number of phenols is 1. The number of hydrogen-bond donors (Lipinski definition) is 2. The van der Waals surface area contributed by atoms with E-state index in [9.17, 15) is 15.0 Å². The number of rotatable bonds is 6. The number of allylic oxidation sites excluding steroid dienone is 1. The minimum absolute atomic E-state index is 0.00820. The lowest BCUT2D eigenvalue weighted by molar-refractivity contribution is -0.130. The van der Waals surface area contributed by atoms with E-state index in [1.54, 1.807) is 27.0 Å². The van der Waals surface area contributed by atoms with Crippen LogP contribution in [0.25, 0.3) is 16.3 Å². The number of hydrogen-bond acceptors (Lipinski definition) is 4. The average Bonchev–Trinajstić information content (AvgIpc) is 2.70. The van der Waals surface area contributed by atoms with Gasteiger partial charge in [-0.15, -0.1) is 0 Å². The summed E-state index contributed by atoms with van der Waals surface area (Å²) in [5.41, 5.74) is 3.33. The van der Waals surface area contributed by atoms with Gasteiger partial charge < -0.3 is 19.7 Å². The van der Waals surface area contributed by atoms with Gasteiger partial charge in [0, 0.05) is 10.9 Å². The van der Waals surface area contributed by atoms with Gasteiger partial charge in [0.05, 0.1) is 19.8 Å². The number of aromatic hydroxyl groups is 1.